The van der Waals surface area contributed by atoms with E-state index in [1.807, 2.05) is 0 Å². The van der Waals surface area contributed by atoms with Gasteiger partial charge in [0.1, 0.15) is 5.75 Å². The lowest BCUT2D eigenvalue weighted by Crippen LogP contribution is -2.43. The Kier molecular flexibility index (Phi) is 5.21. The zero-order chi connectivity index (χ0) is 17.7. The van der Waals surface area contributed by atoms with Gasteiger partial charge in [-0.15, -0.1) is 0 Å². The summed E-state index contributed by atoms with van der Waals surface area (Å²) >= 11 is 0. The number of nitrogens with two attached hydrogens (primary N) is 1. The van der Waals surface area contributed by atoms with Crippen molar-refractivity contribution in [2.45, 2.75) is 12.0 Å². The van der Waals surface area contributed by atoms with Gasteiger partial charge in [-0.1, -0.05) is 36.4 Å². The second-order valence-electron chi connectivity index (χ2n) is 5.22. The Morgan fingerprint density at radius 3 is 2.33 bits per heavy atom. The van der Waals surface area contributed by atoms with Gasteiger partial charge in [0.2, 0.25) is 0 Å². The minimum atomic E-state index is -2.07. The molecule has 1 amide bonds. The number of carbonyl (C=O) groups excluding carboxylic acids is 2. The largest absolute Gasteiger partial charge is 0.497 e. The monoisotopic (exact) mass is 329 g/mol. The molecule has 6 heteroatoms. The van der Waals surface area contributed by atoms with Crippen LogP contribution < -0.4 is 10.5 Å². The average molecular weight is 329 g/mol. The van der Waals surface area contributed by atoms with Crippen molar-refractivity contribution in [1.29, 1.82) is 0 Å². The number of hydrogen-bond donors (Lipinski definition) is 2. The van der Waals surface area contributed by atoms with E-state index in [0.717, 1.165) is 0 Å². The van der Waals surface area contributed by atoms with Crippen molar-refractivity contribution in [2.24, 2.45) is 5.73 Å². The number of carbonyl (C=O) groups is 2. The summed E-state index contributed by atoms with van der Waals surface area (Å²) in [6, 6.07) is 13.0. The van der Waals surface area contributed by atoms with Crippen LogP contribution in [0.15, 0.2) is 48.5 Å². The third-order valence-electron chi connectivity index (χ3n) is 3.81. The number of methoxy groups -OCH3 is 2. The first-order valence-electron chi connectivity index (χ1n) is 7.25. The number of benzene rings is 2. The van der Waals surface area contributed by atoms with E-state index in [0.29, 0.717) is 16.9 Å². The van der Waals surface area contributed by atoms with Crippen LogP contribution in [0.3, 0.4) is 0 Å². The fraction of sp³-hybridized carbons (Fsp3) is 0.222. The van der Waals surface area contributed by atoms with Crippen molar-refractivity contribution in [2.75, 3.05) is 14.2 Å². The van der Waals surface area contributed by atoms with Crippen LogP contribution in [0.4, 0.5) is 0 Å². The topological polar surface area (TPSA) is 98.8 Å². The summed E-state index contributed by atoms with van der Waals surface area (Å²) in [5.74, 6) is -0.966. The first-order valence-corrected chi connectivity index (χ1v) is 7.25. The molecule has 2 aromatic carbocycles. The average Bonchev–Trinajstić information content (AvgIpc) is 2.61. The fourth-order valence-corrected chi connectivity index (χ4v) is 2.53. The molecule has 0 radical (unpaired) electrons. The zero-order valence-electron chi connectivity index (χ0n) is 13.5. The van der Waals surface area contributed by atoms with Crippen LogP contribution in [0.25, 0.3) is 0 Å². The molecule has 126 valence electrons. The highest BCUT2D eigenvalue weighted by Crippen LogP contribution is 2.34. The molecule has 24 heavy (non-hydrogen) atoms. The maximum absolute atomic E-state index is 12.1. The van der Waals surface area contributed by atoms with Crippen molar-refractivity contribution in [3.63, 3.8) is 0 Å². The molecular formula is C18H19NO5. The van der Waals surface area contributed by atoms with Crippen molar-refractivity contribution >= 4 is 11.9 Å². The Morgan fingerprint density at radius 2 is 1.79 bits per heavy atom. The minimum absolute atomic E-state index is 0.133. The van der Waals surface area contributed by atoms with Crippen molar-refractivity contribution in [3.8, 4) is 5.75 Å². The van der Waals surface area contributed by atoms with Crippen LogP contribution in [-0.4, -0.2) is 31.2 Å². The molecule has 0 aromatic heterocycles. The van der Waals surface area contributed by atoms with Gasteiger partial charge in [0.15, 0.2) is 5.60 Å². The molecule has 2 aromatic rings. The van der Waals surface area contributed by atoms with E-state index in [1.165, 1.54) is 20.3 Å². The molecule has 0 aliphatic rings. The van der Waals surface area contributed by atoms with E-state index in [2.05, 4.69) is 4.74 Å². The molecular weight excluding hydrogens is 310 g/mol. The van der Waals surface area contributed by atoms with Gasteiger partial charge in [-0.25, -0.2) is 0 Å². The van der Waals surface area contributed by atoms with Gasteiger partial charge >= 0.3 is 5.97 Å². The van der Waals surface area contributed by atoms with E-state index in [-0.39, 0.29) is 12.0 Å². The van der Waals surface area contributed by atoms with Gasteiger partial charge in [-0.05, 0) is 23.3 Å². The molecule has 2 rings (SSSR count). The fourth-order valence-electron chi connectivity index (χ4n) is 2.53. The van der Waals surface area contributed by atoms with Crippen LogP contribution in [0.2, 0.25) is 0 Å². The lowest BCUT2D eigenvalue weighted by Gasteiger charge is -2.28. The van der Waals surface area contributed by atoms with Crippen molar-refractivity contribution in [3.05, 3.63) is 65.2 Å². The summed E-state index contributed by atoms with van der Waals surface area (Å²) < 4.78 is 9.84. The quantitative estimate of drug-likeness (QED) is 0.774. The van der Waals surface area contributed by atoms with Gasteiger partial charge in [0.25, 0.3) is 5.91 Å². The second kappa shape index (κ2) is 7.14. The summed E-state index contributed by atoms with van der Waals surface area (Å²) in [6.07, 6.45) is -0.133. The standard InChI is InChI=1S/C18H19NO5/c1-23-14-8-9-15(12(10-14)11-16(20)24-2)18(22,17(19)21)13-6-4-3-5-7-13/h3-10,22H,11H2,1-2H3,(H2,19,21). The van der Waals surface area contributed by atoms with Crippen molar-refractivity contribution < 1.29 is 24.2 Å². The molecule has 1 atom stereocenters. The maximum atomic E-state index is 12.1. The Bertz CT molecular complexity index is 744. The van der Waals surface area contributed by atoms with Crippen LogP contribution >= 0.6 is 0 Å². The number of primary amides is 1. The van der Waals surface area contributed by atoms with Gasteiger partial charge in [-0.2, -0.15) is 0 Å². The first kappa shape index (κ1) is 17.5. The Labute approximate surface area is 139 Å². The lowest BCUT2D eigenvalue weighted by molar-refractivity contribution is -0.140. The van der Waals surface area contributed by atoms with E-state index < -0.39 is 17.5 Å². The van der Waals surface area contributed by atoms with Crippen LogP contribution in [0, 0.1) is 0 Å². The Hall–Kier alpha value is -2.86. The highest BCUT2D eigenvalue weighted by Gasteiger charge is 2.40. The molecule has 3 N–H and O–H groups in total. The van der Waals surface area contributed by atoms with E-state index in [4.69, 9.17) is 10.5 Å². The van der Waals surface area contributed by atoms with Gasteiger partial charge in [0.05, 0.1) is 20.6 Å². The Morgan fingerprint density at radius 1 is 1.12 bits per heavy atom. The van der Waals surface area contributed by atoms with Crippen LogP contribution in [-0.2, 0) is 26.3 Å². The highest BCUT2D eigenvalue weighted by atomic mass is 16.5. The predicted molar refractivity (Wildman–Crippen MR) is 87.3 cm³/mol. The molecule has 0 bridgehead atoms. The number of amides is 1. The molecule has 0 saturated carbocycles. The molecule has 1 unspecified atom stereocenters. The molecule has 0 saturated heterocycles. The minimum Gasteiger partial charge on any atom is -0.497 e. The van der Waals surface area contributed by atoms with Gasteiger partial charge in [0, 0.05) is 5.56 Å². The van der Waals surface area contributed by atoms with Crippen LogP contribution in [0.5, 0.6) is 5.75 Å². The molecule has 0 fully saturated rings. The smallest absolute Gasteiger partial charge is 0.309 e. The van der Waals surface area contributed by atoms with E-state index in [9.17, 15) is 14.7 Å². The molecule has 0 aliphatic carbocycles. The summed E-state index contributed by atoms with van der Waals surface area (Å²) in [7, 11) is 2.74. The molecule has 0 heterocycles. The Balaban J connectivity index is 2.66. The number of esters is 1. The number of aliphatic hydroxyl groups is 1. The van der Waals surface area contributed by atoms with Crippen LogP contribution in [0.1, 0.15) is 16.7 Å². The number of rotatable bonds is 6. The second-order valence-corrected chi connectivity index (χ2v) is 5.22. The molecule has 0 aliphatic heterocycles. The van der Waals surface area contributed by atoms with E-state index >= 15 is 0 Å². The zero-order valence-corrected chi connectivity index (χ0v) is 13.5. The summed E-state index contributed by atoms with van der Waals surface area (Å²) in [5, 5.41) is 11.1. The maximum Gasteiger partial charge on any atom is 0.309 e. The van der Waals surface area contributed by atoms with Crippen molar-refractivity contribution in [1.82, 2.24) is 0 Å². The lowest BCUT2D eigenvalue weighted by atomic mass is 9.82. The SMILES string of the molecule is COC(=O)Cc1cc(OC)ccc1C(O)(C(N)=O)c1ccccc1. The summed E-state index contributed by atoms with van der Waals surface area (Å²) in [4.78, 5) is 23.8. The highest BCUT2D eigenvalue weighted by molar-refractivity contribution is 5.89. The predicted octanol–water partition coefficient (Wildman–Crippen LogP) is 1.13. The number of hydrogen-bond acceptors (Lipinski definition) is 5. The third-order valence-corrected chi connectivity index (χ3v) is 3.81. The summed E-state index contributed by atoms with van der Waals surface area (Å²) in [5.41, 5.74) is 4.35. The van der Waals surface area contributed by atoms with E-state index in [1.54, 1.807) is 42.5 Å². The molecule has 0 spiro atoms. The summed E-state index contributed by atoms with van der Waals surface area (Å²) in [6.45, 7) is 0. The van der Waals surface area contributed by atoms with Gasteiger partial charge in [-0.3, -0.25) is 9.59 Å². The first-order chi connectivity index (χ1) is 11.4. The number of ether oxygens (including phenoxy) is 2. The molecule has 6 nitrogen and oxygen atoms in total. The third kappa shape index (κ3) is 3.23. The normalized spacial score (nSPS) is 13.0. The van der Waals surface area contributed by atoms with Gasteiger partial charge < -0.3 is 20.3 Å².